The van der Waals surface area contributed by atoms with Gasteiger partial charge in [0.1, 0.15) is 0 Å². The summed E-state index contributed by atoms with van der Waals surface area (Å²) in [6.07, 6.45) is 3.83. The van der Waals surface area contributed by atoms with Crippen LogP contribution in [0.2, 0.25) is 0 Å². The Morgan fingerprint density at radius 2 is 1.73 bits per heavy atom. The molecule has 0 radical (unpaired) electrons. The third kappa shape index (κ3) is 5.12. The summed E-state index contributed by atoms with van der Waals surface area (Å²) in [5.41, 5.74) is 8.54. The first kappa shape index (κ1) is 25.0. The van der Waals surface area contributed by atoms with Crippen molar-refractivity contribution in [2.75, 3.05) is 18.4 Å². The number of para-hydroxylation sites is 2. The van der Waals surface area contributed by atoms with Gasteiger partial charge < -0.3 is 20.1 Å². The van der Waals surface area contributed by atoms with Gasteiger partial charge in [0.2, 0.25) is 0 Å². The fraction of sp³-hybridized carbons (Fsp3) is 0.290. The maximum absolute atomic E-state index is 5.91. The van der Waals surface area contributed by atoms with Crippen LogP contribution in [0, 0.1) is 13.8 Å². The van der Waals surface area contributed by atoms with Crippen molar-refractivity contribution in [3.8, 4) is 5.69 Å². The third-order valence-electron chi connectivity index (χ3n) is 7.28. The average molecular weight is 510 g/mol. The van der Waals surface area contributed by atoms with Gasteiger partial charge in [0.15, 0.2) is 5.11 Å². The van der Waals surface area contributed by atoms with Crippen LogP contribution < -0.4 is 10.6 Å². The number of anilines is 1. The molecule has 6 heteroatoms. The lowest BCUT2D eigenvalue weighted by Gasteiger charge is -2.28. The van der Waals surface area contributed by atoms with Gasteiger partial charge in [-0.05, 0) is 86.4 Å². The normalized spacial score (nSPS) is 17.2. The number of rotatable bonds is 9. The molecule has 5 rings (SSSR count). The number of aryl methyl sites for hydroxylation is 2. The van der Waals surface area contributed by atoms with Gasteiger partial charge >= 0.3 is 0 Å². The van der Waals surface area contributed by atoms with E-state index in [1.54, 1.807) is 0 Å². The monoisotopic (exact) mass is 509 g/mol. The maximum atomic E-state index is 5.91. The van der Waals surface area contributed by atoms with Crippen LogP contribution in [0.15, 0.2) is 85.1 Å². The minimum Gasteiger partial charge on any atom is -0.385 e. The summed E-state index contributed by atoms with van der Waals surface area (Å²) in [6.45, 7) is 8.39. The van der Waals surface area contributed by atoms with Crippen molar-refractivity contribution in [1.29, 1.82) is 0 Å². The predicted molar refractivity (Wildman–Crippen MR) is 156 cm³/mol. The van der Waals surface area contributed by atoms with Gasteiger partial charge in [-0.2, -0.15) is 0 Å². The molecule has 0 spiro atoms. The van der Waals surface area contributed by atoms with E-state index in [2.05, 4.69) is 108 Å². The summed E-state index contributed by atoms with van der Waals surface area (Å²) in [7, 11) is 0. The zero-order chi connectivity index (χ0) is 25.8. The summed E-state index contributed by atoms with van der Waals surface area (Å²) >= 11 is 5.91. The molecule has 1 aliphatic rings. The van der Waals surface area contributed by atoms with Gasteiger partial charge in [-0.15, -0.1) is 0 Å². The summed E-state index contributed by atoms with van der Waals surface area (Å²) < 4.78 is 2.40. The van der Waals surface area contributed by atoms with Crippen LogP contribution in [-0.4, -0.2) is 32.7 Å². The fourth-order valence-corrected chi connectivity index (χ4v) is 5.84. The van der Waals surface area contributed by atoms with Gasteiger partial charge in [0.25, 0.3) is 0 Å². The Morgan fingerprint density at radius 1 is 0.973 bits per heavy atom. The molecule has 0 bridgehead atoms. The van der Waals surface area contributed by atoms with E-state index >= 15 is 0 Å². The second-order valence-electron chi connectivity index (χ2n) is 9.61. The van der Waals surface area contributed by atoms with Gasteiger partial charge in [-0.25, -0.2) is 0 Å². The molecule has 2 atom stereocenters. The van der Waals surface area contributed by atoms with Gasteiger partial charge in [-0.3, -0.25) is 4.98 Å². The largest absolute Gasteiger partial charge is 0.385 e. The highest BCUT2D eigenvalue weighted by Crippen LogP contribution is 2.41. The molecule has 0 saturated carbocycles. The molecule has 0 aliphatic carbocycles. The number of benzene rings is 2. The molecule has 2 aromatic carbocycles. The van der Waals surface area contributed by atoms with E-state index in [1.165, 1.54) is 28.2 Å². The smallest absolute Gasteiger partial charge is 0.170 e. The lowest BCUT2D eigenvalue weighted by atomic mass is 9.96. The minimum atomic E-state index is -0.00819. The number of pyridine rings is 1. The zero-order valence-corrected chi connectivity index (χ0v) is 22.6. The second-order valence-corrected chi connectivity index (χ2v) is 10.00. The van der Waals surface area contributed by atoms with E-state index in [0.29, 0.717) is 0 Å². The first-order valence-corrected chi connectivity index (χ1v) is 13.5. The zero-order valence-electron chi connectivity index (χ0n) is 21.8. The van der Waals surface area contributed by atoms with Crippen molar-refractivity contribution < 1.29 is 0 Å². The van der Waals surface area contributed by atoms with Crippen molar-refractivity contribution >= 4 is 23.0 Å². The topological polar surface area (TPSA) is 45.1 Å². The van der Waals surface area contributed by atoms with E-state index in [4.69, 9.17) is 17.2 Å². The number of hydrogen-bond donors (Lipinski definition) is 2. The number of aromatic nitrogens is 2. The van der Waals surface area contributed by atoms with Crippen LogP contribution >= 0.6 is 12.2 Å². The number of hydrogen-bond acceptors (Lipinski definition) is 3. The summed E-state index contributed by atoms with van der Waals surface area (Å²) in [4.78, 5) is 7.08. The quantitative estimate of drug-likeness (QED) is 0.198. The fourth-order valence-electron chi connectivity index (χ4n) is 5.51. The van der Waals surface area contributed by atoms with Crippen molar-refractivity contribution in [3.05, 3.63) is 113 Å². The molecule has 1 fully saturated rings. The molecule has 0 amide bonds. The molecule has 4 aromatic rings. The summed E-state index contributed by atoms with van der Waals surface area (Å²) in [5, 5.41) is 7.93. The van der Waals surface area contributed by atoms with Crippen molar-refractivity contribution in [1.82, 2.24) is 19.8 Å². The van der Waals surface area contributed by atoms with E-state index in [0.717, 1.165) is 42.4 Å². The predicted octanol–water partition coefficient (Wildman–Crippen LogP) is 6.53. The molecule has 5 nitrogen and oxygen atoms in total. The van der Waals surface area contributed by atoms with Gasteiger partial charge in [-0.1, -0.05) is 49.4 Å². The lowest BCUT2D eigenvalue weighted by Crippen LogP contribution is -2.31. The Labute approximate surface area is 225 Å². The van der Waals surface area contributed by atoms with Crippen LogP contribution in [0.25, 0.3) is 5.69 Å². The highest BCUT2D eigenvalue weighted by atomic mass is 32.1. The molecule has 1 aliphatic heterocycles. The number of nitrogens with one attached hydrogen (secondary N) is 2. The SMILES string of the molecule is CCc1ccccc1-n1c(C)cc([C@@H]2[C@H](c3ccccn3)NC(=S)N2CCCNc2ccccc2)c1C. The van der Waals surface area contributed by atoms with E-state index < -0.39 is 0 Å². The van der Waals surface area contributed by atoms with E-state index in [-0.39, 0.29) is 12.1 Å². The Morgan fingerprint density at radius 3 is 2.49 bits per heavy atom. The molecule has 0 unspecified atom stereocenters. The minimum absolute atomic E-state index is 0.00819. The second kappa shape index (κ2) is 11.2. The van der Waals surface area contributed by atoms with Crippen LogP contribution in [0.5, 0.6) is 0 Å². The molecular formula is C31H35N5S. The van der Waals surface area contributed by atoms with Gasteiger partial charge in [0.05, 0.1) is 17.8 Å². The molecule has 190 valence electrons. The van der Waals surface area contributed by atoms with Crippen LogP contribution in [0.3, 0.4) is 0 Å². The number of nitrogens with zero attached hydrogens (tertiary/aromatic N) is 3. The van der Waals surface area contributed by atoms with Crippen LogP contribution in [0.1, 0.15) is 53.6 Å². The van der Waals surface area contributed by atoms with Crippen molar-refractivity contribution in [3.63, 3.8) is 0 Å². The lowest BCUT2D eigenvalue weighted by molar-refractivity contribution is 0.315. The Kier molecular flexibility index (Phi) is 7.56. The molecular weight excluding hydrogens is 474 g/mol. The van der Waals surface area contributed by atoms with E-state index in [1.807, 2.05) is 18.3 Å². The first-order chi connectivity index (χ1) is 18.1. The molecule has 1 saturated heterocycles. The summed E-state index contributed by atoms with van der Waals surface area (Å²) in [6, 6.07) is 27.6. The van der Waals surface area contributed by atoms with Crippen LogP contribution in [-0.2, 0) is 6.42 Å². The highest BCUT2D eigenvalue weighted by molar-refractivity contribution is 7.80. The Balaban J connectivity index is 1.47. The van der Waals surface area contributed by atoms with Crippen molar-refractivity contribution in [2.24, 2.45) is 0 Å². The third-order valence-corrected chi connectivity index (χ3v) is 7.63. The Bertz CT molecular complexity index is 1350. The Hall–Kier alpha value is -3.64. The standard InChI is InChI=1S/C31H35N5S/c1-4-24-13-8-9-17-28(24)36-22(2)21-26(23(36)3)30-29(27-16-10-11-18-33-27)34-31(37)35(30)20-12-19-32-25-14-6-5-7-15-25/h5-11,13-18,21,29-30,32H,4,12,19-20H2,1-3H3,(H,34,37)/t29-,30+/m0/s1. The van der Waals surface area contributed by atoms with E-state index in [9.17, 15) is 0 Å². The summed E-state index contributed by atoms with van der Waals surface area (Å²) in [5.74, 6) is 0. The average Bonchev–Trinajstić information content (AvgIpc) is 3.41. The molecule has 3 heterocycles. The van der Waals surface area contributed by atoms with Crippen molar-refractivity contribution in [2.45, 2.75) is 45.7 Å². The van der Waals surface area contributed by atoms with Gasteiger partial charge in [0, 0.05) is 42.0 Å². The molecule has 37 heavy (non-hydrogen) atoms. The highest BCUT2D eigenvalue weighted by Gasteiger charge is 2.41. The molecule has 2 aromatic heterocycles. The number of thiocarbonyl (C=S) groups is 1. The van der Waals surface area contributed by atoms with Crippen LogP contribution in [0.4, 0.5) is 5.69 Å². The maximum Gasteiger partial charge on any atom is 0.170 e. The molecule has 2 N–H and O–H groups in total. The first-order valence-electron chi connectivity index (χ1n) is 13.1.